The highest BCUT2D eigenvalue weighted by atomic mass is 35.5. The quantitative estimate of drug-likeness (QED) is 0.105. The summed E-state index contributed by atoms with van der Waals surface area (Å²) < 4.78 is 44.3. The van der Waals surface area contributed by atoms with E-state index in [9.17, 15) is 24.0 Å². The third-order valence-corrected chi connectivity index (χ3v) is 17.7. The van der Waals surface area contributed by atoms with E-state index >= 15 is 8.78 Å². The van der Waals surface area contributed by atoms with Gasteiger partial charge in [0.15, 0.2) is 22.3 Å². The minimum atomic E-state index is -1.06. The molecular formula is C57H61ClF2N18O6S2. The van der Waals surface area contributed by atoms with Crippen LogP contribution in [0.5, 0.6) is 0 Å². The van der Waals surface area contributed by atoms with Gasteiger partial charge in [0.05, 0.1) is 61.6 Å². The van der Waals surface area contributed by atoms with Crippen molar-refractivity contribution in [3.05, 3.63) is 129 Å². The fraction of sp³-hybridized carbons (Fsp3) is 0.421. The van der Waals surface area contributed by atoms with E-state index in [1.54, 1.807) is 63.7 Å². The maximum absolute atomic E-state index is 15.7. The van der Waals surface area contributed by atoms with Crippen LogP contribution < -0.4 is 16.0 Å². The normalized spacial score (nSPS) is 17.3. The molecule has 2 unspecified atom stereocenters. The first kappa shape index (κ1) is 58.1. The number of thiazole rings is 2. The van der Waals surface area contributed by atoms with E-state index in [1.165, 1.54) is 44.6 Å². The summed E-state index contributed by atoms with van der Waals surface area (Å²) in [6.07, 6.45) is 16.4. The van der Waals surface area contributed by atoms with Crippen molar-refractivity contribution in [3.63, 3.8) is 0 Å². The zero-order valence-electron chi connectivity index (χ0n) is 47.2. The van der Waals surface area contributed by atoms with Crippen LogP contribution in [-0.4, -0.2) is 135 Å². The number of hydrogen-bond donors (Lipinski definition) is 3. The van der Waals surface area contributed by atoms with Gasteiger partial charge in [-0.25, -0.2) is 42.9 Å². The fourth-order valence-corrected chi connectivity index (χ4v) is 13.2. The van der Waals surface area contributed by atoms with Gasteiger partial charge in [0.2, 0.25) is 0 Å². The molecular weight excluding hydrogens is 1170 g/mol. The third kappa shape index (κ3) is 11.4. The zero-order valence-corrected chi connectivity index (χ0v) is 49.6. The van der Waals surface area contributed by atoms with Gasteiger partial charge in [-0.05, 0) is 109 Å². The Bertz CT molecular complexity index is 3860. The minimum absolute atomic E-state index is 0. The standard InChI is InChI=1S/C31H34FN9O4S.C26H26FN9O2S.ClH/c1-31(2,3)45-30(44)38-10-6-19(7-11-38)41-16-23(36-37-41)18-13-20-21(22(32)14-18)15-40(28(20)43)26(27(42)35-29-33-8-12-46-29)25-24-5-4-9-39(24)17-34-25;27-19-11-15(20-13-36(33-32-20)16-3-5-28-6-4-16)10-17-18(19)12-35(25(17)38)23(24(37)31-26-29-7-9-39-26)22-21-2-1-8-34(21)14-30-22;/h8,12-14,16-17,19,26H,4-7,9-11,15H2,1-3H3,(H,33,35,42);7,9-11,13-14,16,23,28H,1-6,8,12H2,(H,29,31,37);1H. The summed E-state index contributed by atoms with van der Waals surface area (Å²) in [6, 6.07) is 4.18. The number of benzene rings is 2. The second-order valence-corrected chi connectivity index (χ2v) is 24.7. The number of halogens is 3. The number of rotatable bonds is 12. The van der Waals surface area contributed by atoms with Crippen molar-refractivity contribution in [1.82, 2.24) is 79.1 Å². The lowest BCUT2D eigenvalue weighted by Crippen LogP contribution is -2.42. The molecule has 5 amide bonds. The van der Waals surface area contributed by atoms with Gasteiger partial charge in [-0.3, -0.25) is 29.8 Å². The predicted molar refractivity (Wildman–Crippen MR) is 313 cm³/mol. The van der Waals surface area contributed by atoms with Gasteiger partial charge in [0.25, 0.3) is 23.6 Å². The minimum Gasteiger partial charge on any atom is -0.444 e. The summed E-state index contributed by atoms with van der Waals surface area (Å²) >= 11 is 2.56. The number of hydrogen-bond acceptors (Lipinski definition) is 17. The number of piperidine rings is 2. The lowest BCUT2D eigenvalue weighted by atomic mass is 10.0. The molecule has 6 aromatic heterocycles. The Balaban J connectivity index is 0.000000168. The van der Waals surface area contributed by atoms with E-state index in [0.29, 0.717) is 70.1 Å². The second-order valence-electron chi connectivity index (χ2n) is 22.9. The van der Waals surface area contributed by atoms with Crippen LogP contribution in [0.1, 0.15) is 138 Å². The SMILES string of the molecule is CC(C)(C)OC(=O)N1CCC(n2cc(-c3cc(F)c4c(c3)C(=O)N(C(C(=O)Nc3nccs3)c3ncn5c3CCC5)C4)nn2)CC1.Cl.O=C(Nc1nccs1)C(c1ncn2c1CCC2)N1Cc2c(F)cc(-c3cn(C4CCNCC4)nn3)cc2C1=O. The van der Waals surface area contributed by atoms with Gasteiger partial charge in [0, 0.05) is 94.1 Å². The smallest absolute Gasteiger partial charge is 0.410 e. The Morgan fingerprint density at radius 2 is 1.13 bits per heavy atom. The molecule has 2 fully saturated rings. The van der Waals surface area contributed by atoms with Crippen LogP contribution >= 0.6 is 35.1 Å². The summed E-state index contributed by atoms with van der Waals surface area (Å²) in [6.45, 7) is 9.86. The molecule has 86 heavy (non-hydrogen) atoms. The zero-order chi connectivity index (χ0) is 58.7. The van der Waals surface area contributed by atoms with Crippen molar-refractivity contribution < 1.29 is 37.5 Å². The summed E-state index contributed by atoms with van der Waals surface area (Å²) in [4.78, 5) is 89.4. The Kier molecular flexibility index (Phi) is 16.1. The first-order chi connectivity index (χ1) is 41.1. The van der Waals surface area contributed by atoms with Crippen LogP contribution in [0, 0.1) is 11.6 Å². The van der Waals surface area contributed by atoms with Crippen LogP contribution in [0.2, 0.25) is 0 Å². The van der Waals surface area contributed by atoms with Crippen LogP contribution in [0.25, 0.3) is 22.5 Å². The molecule has 6 aliphatic heterocycles. The van der Waals surface area contributed by atoms with Crippen molar-refractivity contribution in [2.24, 2.45) is 0 Å². The van der Waals surface area contributed by atoms with Gasteiger partial charge in [-0.15, -0.1) is 45.3 Å². The number of likely N-dealkylation sites (tertiary alicyclic amines) is 1. The number of ether oxygens (including phenoxy) is 1. The largest absolute Gasteiger partial charge is 0.444 e. The molecule has 8 aromatic rings. The fourth-order valence-electron chi connectivity index (χ4n) is 12.2. The first-order valence-electron chi connectivity index (χ1n) is 28.4. The monoisotopic (exact) mass is 1230 g/mol. The van der Waals surface area contributed by atoms with Gasteiger partial charge in [-0.1, -0.05) is 10.4 Å². The number of anilines is 2. The van der Waals surface area contributed by atoms with Crippen LogP contribution in [-0.2, 0) is 53.3 Å². The molecule has 29 heteroatoms. The number of nitrogens with zero attached hydrogens (tertiary/aromatic N) is 15. The van der Waals surface area contributed by atoms with Gasteiger partial charge in [0.1, 0.15) is 28.6 Å². The van der Waals surface area contributed by atoms with Gasteiger partial charge in [-0.2, -0.15) is 0 Å². The van der Waals surface area contributed by atoms with E-state index in [1.807, 2.05) is 40.8 Å². The number of carbonyl (C=O) groups excluding carboxylic acids is 5. The van der Waals surface area contributed by atoms with Gasteiger partial charge >= 0.3 is 6.09 Å². The van der Waals surface area contributed by atoms with E-state index in [0.717, 1.165) is 76.1 Å². The lowest BCUT2D eigenvalue weighted by Gasteiger charge is -2.33. The van der Waals surface area contributed by atoms with E-state index in [2.05, 4.69) is 56.5 Å². The Morgan fingerprint density at radius 1 is 0.663 bits per heavy atom. The number of nitrogens with one attached hydrogen (secondary N) is 3. The Labute approximate surface area is 505 Å². The average Bonchev–Trinajstić information content (AvgIpc) is 2.33. The second kappa shape index (κ2) is 23.8. The molecule has 0 bridgehead atoms. The van der Waals surface area contributed by atoms with E-state index in [4.69, 9.17) is 4.74 Å². The van der Waals surface area contributed by atoms with Crippen LogP contribution in [0.3, 0.4) is 0 Å². The number of aromatic nitrogens is 12. The molecule has 6 aliphatic rings. The van der Waals surface area contributed by atoms with Crippen molar-refractivity contribution in [1.29, 1.82) is 0 Å². The number of aryl methyl sites for hydroxylation is 2. The maximum atomic E-state index is 15.7. The molecule has 12 heterocycles. The Hall–Kier alpha value is -8.34. The van der Waals surface area contributed by atoms with E-state index in [-0.39, 0.29) is 65.9 Å². The van der Waals surface area contributed by atoms with Crippen molar-refractivity contribution in [2.75, 3.05) is 36.8 Å². The predicted octanol–water partition coefficient (Wildman–Crippen LogP) is 7.96. The van der Waals surface area contributed by atoms with Crippen LogP contribution in [0.4, 0.5) is 23.8 Å². The number of imidazole rings is 2. The summed E-state index contributed by atoms with van der Waals surface area (Å²) in [5.41, 5.74) is 4.99. The maximum Gasteiger partial charge on any atom is 0.410 e. The Morgan fingerprint density at radius 3 is 1.57 bits per heavy atom. The molecule has 14 rings (SSSR count). The van der Waals surface area contributed by atoms with Crippen molar-refractivity contribution >= 4 is 75.1 Å². The van der Waals surface area contributed by atoms with Crippen LogP contribution in [0.15, 0.2) is 72.5 Å². The lowest BCUT2D eigenvalue weighted by molar-refractivity contribution is -0.121. The highest BCUT2D eigenvalue weighted by Gasteiger charge is 2.44. The number of fused-ring (bicyclic) bond motifs is 4. The number of carbonyl (C=O) groups is 5. The molecule has 0 aliphatic carbocycles. The molecule has 2 atom stereocenters. The first-order valence-corrected chi connectivity index (χ1v) is 30.2. The molecule has 0 radical (unpaired) electrons. The molecule has 0 saturated carbocycles. The third-order valence-electron chi connectivity index (χ3n) is 16.4. The van der Waals surface area contributed by atoms with Crippen molar-refractivity contribution in [2.45, 2.75) is 128 Å². The summed E-state index contributed by atoms with van der Waals surface area (Å²) in [5.74, 6) is -2.83. The van der Waals surface area contributed by atoms with Gasteiger partial charge < -0.3 is 33.9 Å². The molecule has 2 saturated heterocycles. The topological polar surface area (TPSA) is 263 Å². The molecule has 448 valence electrons. The van der Waals surface area contributed by atoms with Crippen molar-refractivity contribution in [3.8, 4) is 22.5 Å². The highest BCUT2D eigenvalue weighted by Crippen LogP contribution is 2.40. The highest BCUT2D eigenvalue weighted by molar-refractivity contribution is 7.14. The summed E-state index contributed by atoms with van der Waals surface area (Å²) in [5, 5.41) is 30.4. The molecule has 3 N–H and O–H groups in total. The number of amides is 5. The molecule has 2 aromatic carbocycles. The molecule has 24 nitrogen and oxygen atoms in total. The van der Waals surface area contributed by atoms with E-state index < -0.39 is 52.9 Å². The summed E-state index contributed by atoms with van der Waals surface area (Å²) in [7, 11) is 0. The average molecular weight is 1230 g/mol. The molecule has 0 spiro atoms.